The summed E-state index contributed by atoms with van der Waals surface area (Å²) in [4.78, 5) is 15.5. The summed E-state index contributed by atoms with van der Waals surface area (Å²) in [5, 5.41) is 0. The van der Waals surface area contributed by atoms with Crippen molar-refractivity contribution in [3.63, 3.8) is 0 Å². The van der Waals surface area contributed by atoms with Crippen molar-refractivity contribution >= 4 is 17.3 Å². The maximum Gasteiger partial charge on any atom is 0.185 e. The lowest BCUT2D eigenvalue weighted by Gasteiger charge is -2.11. The molecule has 0 bridgehead atoms. The van der Waals surface area contributed by atoms with Crippen molar-refractivity contribution in [2.24, 2.45) is 0 Å². The first-order chi connectivity index (χ1) is 11.3. The molecule has 0 aliphatic carbocycles. The molecule has 0 aliphatic rings. The molecule has 0 amide bonds. The van der Waals surface area contributed by atoms with Crippen LogP contribution in [0.5, 0.6) is 11.5 Å². The number of ether oxygens (including phenoxy) is 2. The van der Waals surface area contributed by atoms with E-state index in [9.17, 15) is 4.79 Å². The van der Waals surface area contributed by atoms with Crippen molar-refractivity contribution in [3.05, 3.63) is 54.4 Å². The van der Waals surface area contributed by atoms with E-state index in [1.807, 2.05) is 53.1 Å². The van der Waals surface area contributed by atoms with Crippen LogP contribution in [0.25, 0.3) is 11.0 Å². The molecule has 3 rings (SSSR count). The maximum atomic E-state index is 11.2. The Balaban J connectivity index is 1.66. The molecular weight excluding hydrogens is 292 g/mol. The second-order valence-corrected chi connectivity index (χ2v) is 5.08. The number of para-hydroxylation sites is 4. The van der Waals surface area contributed by atoms with E-state index in [0.29, 0.717) is 24.7 Å². The zero-order chi connectivity index (χ0) is 16.1. The lowest BCUT2D eigenvalue weighted by molar-refractivity contribution is 0.111. The van der Waals surface area contributed by atoms with Gasteiger partial charge in [0.15, 0.2) is 23.6 Å². The van der Waals surface area contributed by atoms with Gasteiger partial charge in [-0.1, -0.05) is 24.3 Å². The van der Waals surface area contributed by atoms with Crippen molar-refractivity contribution < 1.29 is 14.3 Å². The van der Waals surface area contributed by atoms with Crippen molar-refractivity contribution in [1.82, 2.24) is 9.55 Å². The van der Waals surface area contributed by atoms with Crippen LogP contribution >= 0.6 is 0 Å². The molecule has 5 nitrogen and oxygen atoms in total. The van der Waals surface area contributed by atoms with Gasteiger partial charge in [-0.2, -0.15) is 0 Å². The predicted octanol–water partition coefficient (Wildman–Crippen LogP) is 3.33. The molecule has 0 radical (unpaired) electrons. The van der Waals surface area contributed by atoms with Crippen LogP contribution in [0.3, 0.4) is 0 Å². The van der Waals surface area contributed by atoms with Gasteiger partial charge in [0.1, 0.15) is 0 Å². The smallest absolute Gasteiger partial charge is 0.185 e. The Kier molecular flexibility index (Phi) is 4.57. The summed E-state index contributed by atoms with van der Waals surface area (Å²) in [6.07, 6.45) is 1.56. The minimum absolute atomic E-state index is 0.448. The Bertz CT molecular complexity index is 811. The number of rotatable bonds is 7. The first kappa shape index (κ1) is 15.1. The highest BCUT2D eigenvalue weighted by atomic mass is 16.5. The fraction of sp³-hybridized carbons (Fsp3) is 0.222. The first-order valence-corrected chi connectivity index (χ1v) is 7.49. The Morgan fingerprint density at radius 3 is 2.61 bits per heavy atom. The van der Waals surface area contributed by atoms with Gasteiger partial charge < -0.3 is 14.0 Å². The molecule has 3 aromatic rings. The summed E-state index contributed by atoms with van der Waals surface area (Å²) < 4.78 is 12.9. The average Bonchev–Trinajstić information content (AvgIpc) is 2.97. The summed E-state index contributed by atoms with van der Waals surface area (Å²) in [6.45, 7) is 1.20. The van der Waals surface area contributed by atoms with Gasteiger partial charge in [-0.3, -0.25) is 4.79 Å². The quantitative estimate of drug-likeness (QED) is 0.496. The fourth-order valence-corrected chi connectivity index (χ4v) is 2.56. The molecule has 1 heterocycles. The van der Waals surface area contributed by atoms with Gasteiger partial charge in [0.25, 0.3) is 0 Å². The number of hydrogen-bond acceptors (Lipinski definition) is 4. The van der Waals surface area contributed by atoms with E-state index in [4.69, 9.17) is 9.47 Å². The van der Waals surface area contributed by atoms with Crippen LogP contribution in [-0.2, 0) is 6.54 Å². The normalized spacial score (nSPS) is 10.7. The Morgan fingerprint density at radius 2 is 1.83 bits per heavy atom. The Labute approximate surface area is 134 Å². The molecule has 0 unspecified atom stereocenters. The number of fused-ring (bicyclic) bond motifs is 1. The molecule has 0 saturated carbocycles. The van der Waals surface area contributed by atoms with E-state index in [0.717, 1.165) is 29.5 Å². The number of aromatic nitrogens is 2. The van der Waals surface area contributed by atoms with E-state index in [2.05, 4.69) is 4.98 Å². The SMILES string of the molecule is COc1ccccc1OCCCn1c(C=O)nc2ccccc21. The molecule has 0 N–H and O–H groups in total. The molecule has 118 valence electrons. The molecular formula is C18H18N2O3. The van der Waals surface area contributed by atoms with Crippen LogP contribution in [0.2, 0.25) is 0 Å². The van der Waals surface area contributed by atoms with Crippen molar-refractivity contribution in [2.75, 3.05) is 13.7 Å². The first-order valence-electron chi connectivity index (χ1n) is 7.49. The van der Waals surface area contributed by atoms with Gasteiger partial charge in [-0.25, -0.2) is 4.98 Å². The highest BCUT2D eigenvalue weighted by molar-refractivity contribution is 5.82. The van der Waals surface area contributed by atoms with Crippen molar-refractivity contribution in [2.45, 2.75) is 13.0 Å². The van der Waals surface area contributed by atoms with Gasteiger partial charge in [0.05, 0.1) is 24.8 Å². The summed E-state index contributed by atoms with van der Waals surface area (Å²) in [5.74, 6) is 1.89. The molecule has 5 heteroatoms. The second-order valence-electron chi connectivity index (χ2n) is 5.08. The topological polar surface area (TPSA) is 53.4 Å². The largest absolute Gasteiger partial charge is 0.493 e. The van der Waals surface area contributed by atoms with E-state index in [-0.39, 0.29) is 0 Å². The van der Waals surface area contributed by atoms with Gasteiger partial charge in [0.2, 0.25) is 0 Å². The van der Waals surface area contributed by atoms with Gasteiger partial charge in [-0.15, -0.1) is 0 Å². The van der Waals surface area contributed by atoms with Crippen LogP contribution in [0.1, 0.15) is 17.0 Å². The molecule has 0 aliphatic heterocycles. The Morgan fingerprint density at radius 1 is 1.09 bits per heavy atom. The van der Waals surface area contributed by atoms with Crippen LogP contribution in [0, 0.1) is 0 Å². The summed E-state index contributed by atoms with van der Waals surface area (Å²) in [7, 11) is 1.62. The zero-order valence-corrected chi connectivity index (χ0v) is 12.9. The molecule has 23 heavy (non-hydrogen) atoms. The van der Waals surface area contributed by atoms with E-state index < -0.39 is 0 Å². The summed E-state index contributed by atoms with van der Waals surface area (Å²) in [6, 6.07) is 15.3. The van der Waals surface area contributed by atoms with Crippen LogP contribution < -0.4 is 9.47 Å². The van der Waals surface area contributed by atoms with Gasteiger partial charge in [0, 0.05) is 6.54 Å². The third kappa shape index (κ3) is 3.18. The number of benzene rings is 2. The number of aryl methyl sites for hydroxylation is 1. The molecule has 0 fully saturated rings. The van der Waals surface area contributed by atoms with Crippen LogP contribution in [0.4, 0.5) is 0 Å². The molecule has 2 aromatic carbocycles. The van der Waals surface area contributed by atoms with E-state index in [1.165, 1.54) is 0 Å². The fourth-order valence-electron chi connectivity index (χ4n) is 2.56. The lowest BCUT2D eigenvalue weighted by atomic mass is 10.3. The summed E-state index contributed by atoms with van der Waals surface area (Å²) >= 11 is 0. The third-order valence-corrected chi connectivity index (χ3v) is 3.64. The monoisotopic (exact) mass is 310 g/mol. The molecule has 0 spiro atoms. The van der Waals surface area contributed by atoms with E-state index in [1.54, 1.807) is 7.11 Å². The number of carbonyl (C=O) groups is 1. The standard InChI is InChI=1S/C18H18N2O3/c1-22-16-9-4-5-10-17(16)23-12-6-11-20-15-8-3-2-7-14(15)19-18(20)13-21/h2-5,7-10,13H,6,11-12H2,1H3. The average molecular weight is 310 g/mol. The highest BCUT2D eigenvalue weighted by Crippen LogP contribution is 2.25. The van der Waals surface area contributed by atoms with Gasteiger partial charge >= 0.3 is 0 Å². The highest BCUT2D eigenvalue weighted by Gasteiger charge is 2.09. The van der Waals surface area contributed by atoms with Crippen LogP contribution in [-0.4, -0.2) is 29.6 Å². The van der Waals surface area contributed by atoms with Crippen LogP contribution in [0.15, 0.2) is 48.5 Å². The number of carbonyl (C=O) groups excluding carboxylic acids is 1. The molecule has 0 atom stereocenters. The minimum Gasteiger partial charge on any atom is -0.493 e. The van der Waals surface area contributed by atoms with Gasteiger partial charge in [-0.05, 0) is 30.7 Å². The maximum absolute atomic E-state index is 11.2. The predicted molar refractivity (Wildman–Crippen MR) is 88.2 cm³/mol. The number of methoxy groups -OCH3 is 1. The Hall–Kier alpha value is -2.82. The zero-order valence-electron chi connectivity index (χ0n) is 12.9. The van der Waals surface area contributed by atoms with Crippen molar-refractivity contribution in [3.8, 4) is 11.5 Å². The lowest BCUT2D eigenvalue weighted by Crippen LogP contribution is -2.07. The third-order valence-electron chi connectivity index (χ3n) is 3.64. The van der Waals surface area contributed by atoms with Crippen molar-refractivity contribution in [1.29, 1.82) is 0 Å². The summed E-state index contributed by atoms with van der Waals surface area (Å²) in [5.41, 5.74) is 1.80. The number of nitrogens with zero attached hydrogens (tertiary/aromatic N) is 2. The molecule has 1 aromatic heterocycles. The number of aldehydes is 1. The molecule has 0 saturated heterocycles. The minimum atomic E-state index is 0.448. The van der Waals surface area contributed by atoms with E-state index >= 15 is 0 Å². The number of imidazole rings is 1. The second kappa shape index (κ2) is 6.96. The number of hydrogen-bond donors (Lipinski definition) is 0.